The summed E-state index contributed by atoms with van der Waals surface area (Å²) in [4.78, 5) is 0. The van der Waals surface area contributed by atoms with Crippen LogP contribution in [0.3, 0.4) is 0 Å². The van der Waals surface area contributed by atoms with E-state index in [0.29, 0.717) is 0 Å². The Balaban J connectivity index is 2.18. The van der Waals surface area contributed by atoms with E-state index in [9.17, 15) is 0 Å². The fourth-order valence-corrected chi connectivity index (χ4v) is 2.08. The minimum Gasteiger partial charge on any atom is -0.313 e. The van der Waals surface area contributed by atoms with Crippen molar-refractivity contribution in [2.45, 2.75) is 26.3 Å². The number of benzene rings is 1. The minimum atomic E-state index is 0.729. The standard InChI is InChI=1S/C14H20BrN/c1-3-5-12(2)8-9-16-11-13-6-4-7-14(15)10-13/h3-4,6-7,10,12,16H,1,5,8-9,11H2,2H3. The summed E-state index contributed by atoms with van der Waals surface area (Å²) in [7, 11) is 0. The lowest BCUT2D eigenvalue weighted by Crippen LogP contribution is -2.16. The van der Waals surface area contributed by atoms with Gasteiger partial charge in [0.2, 0.25) is 0 Å². The van der Waals surface area contributed by atoms with Crippen LogP contribution in [0.4, 0.5) is 0 Å². The molecule has 0 heterocycles. The number of rotatable bonds is 7. The van der Waals surface area contributed by atoms with Crippen LogP contribution < -0.4 is 5.32 Å². The topological polar surface area (TPSA) is 12.0 Å². The molecular weight excluding hydrogens is 262 g/mol. The van der Waals surface area contributed by atoms with Gasteiger partial charge in [-0.3, -0.25) is 0 Å². The summed E-state index contributed by atoms with van der Waals surface area (Å²) >= 11 is 3.48. The molecule has 0 aliphatic carbocycles. The fourth-order valence-electron chi connectivity index (χ4n) is 1.63. The molecule has 1 rings (SSSR count). The highest BCUT2D eigenvalue weighted by Crippen LogP contribution is 2.11. The zero-order valence-electron chi connectivity index (χ0n) is 9.88. The van der Waals surface area contributed by atoms with Crippen molar-refractivity contribution < 1.29 is 0 Å². The summed E-state index contributed by atoms with van der Waals surface area (Å²) in [6.07, 6.45) is 4.32. The van der Waals surface area contributed by atoms with Gasteiger partial charge in [-0.2, -0.15) is 0 Å². The third kappa shape index (κ3) is 5.47. The first-order chi connectivity index (χ1) is 7.72. The van der Waals surface area contributed by atoms with Gasteiger partial charge in [-0.15, -0.1) is 6.58 Å². The summed E-state index contributed by atoms with van der Waals surface area (Å²) in [6.45, 7) is 8.04. The van der Waals surface area contributed by atoms with Crippen molar-refractivity contribution in [3.05, 3.63) is 47.0 Å². The van der Waals surface area contributed by atoms with Gasteiger partial charge in [0, 0.05) is 11.0 Å². The maximum absolute atomic E-state index is 3.76. The fraction of sp³-hybridized carbons (Fsp3) is 0.429. The first-order valence-electron chi connectivity index (χ1n) is 5.78. The van der Waals surface area contributed by atoms with Crippen LogP contribution in [-0.2, 0) is 6.54 Å². The minimum absolute atomic E-state index is 0.729. The summed E-state index contributed by atoms with van der Waals surface area (Å²) in [6, 6.07) is 8.42. The van der Waals surface area contributed by atoms with Crippen molar-refractivity contribution in [3.63, 3.8) is 0 Å². The number of halogens is 1. The van der Waals surface area contributed by atoms with Crippen LogP contribution in [0.25, 0.3) is 0 Å². The van der Waals surface area contributed by atoms with Crippen LogP contribution in [0.5, 0.6) is 0 Å². The molecule has 0 saturated heterocycles. The normalized spacial score (nSPS) is 12.4. The predicted octanol–water partition coefficient (Wildman–Crippen LogP) is 4.14. The maximum atomic E-state index is 3.76. The van der Waals surface area contributed by atoms with Gasteiger partial charge in [0.1, 0.15) is 0 Å². The molecule has 0 saturated carbocycles. The Hall–Kier alpha value is -0.600. The van der Waals surface area contributed by atoms with E-state index in [2.05, 4.69) is 59.0 Å². The first-order valence-corrected chi connectivity index (χ1v) is 6.57. The van der Waals surface area contributed by atoms with E-state index in [1.165, 1.54) is 12.0 Å². The molecule has 0 aromatic heterocycles. The largest absolute Gasteiger partial charge is 0.313 e. The van der Waals surface area contributed by atoms with Gasteiger partial charge in [0.25, 0.3) is 0 Å². The van der Waals surface area contributed by atoms with Gasteiger partial charge in [0.15, 0.2) is 0 Å². The van der Waals surface area contributed by atoms with Gasteiger partial charge < -0.3 is 5.32 Å². The number of hydrogen-bond acceptors (Lipinski definition) is 1. The van der Waals surface area contributed by atoms with Crippen LogP contribution >= 0.6 is 15.9 Å². The Kier molecular flexibility index (Phi) is 6.43. The average Bonchev–Trinajstić information content (AvgIpc) is 2.25. The van der Waals surface area contributed by atoms with Crippen LogP contribution in [0.15, 0.2) is 41.4 Å². The molecule has 1 nitrogen and oxygen atoms in total. The molecule has 16 heavy (non-hydrogen) atoms. The number of hydrogen-bond donors (Lipinski definition) is 1. The van der Waals surface area contributed by atoms with Crippen molar-refractivity contribution in [3.8, 4) is 0 Å². The van der Waals surface area contributed by atoms with E-state index in [1.807, 2.05) is 6.08 Å². The van der Waals surface area contributed by atoms with Crippen LogP contribution in [0.2, 0.25) is 0 Å². The Morgan fingerprint density at radius 1 is 1.50 bits per heavy atom. The summed E-state index contributed by atoms with van der Waals surface area (Å²) in [5.41, 5.74) is 1.32. The zero-order valence-corrected chi connectivity index (χ0v) is 11.5. The van der Waals surface area contributed by atoms with Crippen molar-refractivity contribution in [2.75, 3.05) is 6.54 Å². The Morgan fingerprint density at radius 3 is 3.00 bits per heavy atom. The molecular formula is C14H20BrN. The third-order valence-electron chi connectivity index (χ3n) is 2.60. The molecule has 0 radical (unpaired) electrons. The van der Waals surface area contributed by atoms with Gasteiger partial charge in [-0.1, -0.05) is 41.1 Å². The Labute approximate surface area is 107 Å². The van der Waals surface area contributed by atoms with Crippen molar-refractivity contribution in [1.29, 1.82) is 0 Å². The lowest BCUT2D eigenvalue weighted by atomic mass is 10.0. The third-order valence-corrected chi connectivity index (χ3v) is 3.09. The highest BCUT2D eigenvalue weighted by Gasteiger charge is 1.99. The quantitative estimate of drug-likeness (QED) is 0.585. The summed E-state index contributed by atoms with van der Waals surface area (Å²) in [5, 5.41) is 3.46. The van der Waals surface area contributed by atoms with Crippen molar-refractivity contribution in [2.24, 2.45) is 5.92 Å². The van der Waals surface area contributed by atoms with E-state index in [1.54, 1.807) is 0 Å². The van der Waals surface area contributed by atoms with Crippen LogP contribution in [0, 0.1) is 5.92 Å². The first kappa shape index (κ1) is 13.5. The van der Waals surface area contributed by atoms with E-state index in [0.717, 1.165) is 29.9 Å². The predicted molar refractivity (Wildman–Crippen MR) is 74.4 cm³/mol. The molecule has 0 bridgehead atoms. The second-order valence-electron chi connectivity index (χ2n) is 4.22. The average molecular weight is 282 g/mol. The van der Waals surface area contributed by atoms with Gasteiger partial charge in [-0.05, 0) is 43.0 Å². The molecule has 0 spiro atoms. The molecule has 1 unspecified atom stereocenters. The van der Waals surface area contributed by atoms with Gasteiger partial charge >= 0.3 is 0 Å². The van der Waals surface area contributed by atoms with Crippen molar-refractivity contribution >= 4 is 15.9 Å². The second kappa shape index (κ2) is 7.64. The summed E-state index contributed by atoms with van der Waals surface area (Å²) in [5.74, 6) is 0.729. The zero-order chi connectivity index (χ0) is 11.8. The molecule has 1 N–H and O–H groups in total. The number of allylic oxidation sites excluding steroid dienone is 1. The summed E-state index contributed by atoms with van der Waals surface area (Å²) < 4.78 is 1.15. The molecule has 0 aliphatic heterocycles. The van der Waals surface area contributed by atoms with E-state index >= 15 is 0 Å². The Bertz CT molecular complexity index is 322. The smallest absolute Gasteiger partial charge is 0.0205 e. The van der Waals surface area contributed by atoms with Crippen LogP contribution in [0.1, 0.15) is 25.3 Å². The van der Waals surface area contributed by atoms with E-state index < -0.39 is 0 Å². The lowest BCUT2D eigenvalue weighted by Gasteiger charge is -2.09. The van der Waals surface area contributed by atoms with Gasteiger partial charge in [-0.25, -0.2) is 0 Å². The van der Waals surface area contributed by atoms with Gasteiger partial charge in [0.05, 0.1) is 0 Å². The lowest BCUT2D eigenvalue weighted by molar-refractivity contribution is 0.506. The van der Waals surface area contributed by atoms with E-state index in [4.69, 9.17) is 0 Å². The second-order valence-corrected chi connectivity index (χ2v) is 5.14. The molecule has 1 aromatic carbocycles. The molecule has 0 amide bonds. The highest BCUT2D eigenvalue weighted by atomic mass is 79.9. The SMILES string of the molecule is C=CCC(C)CCNCc1cccc(Br)c1. The van der Waals surface area contributed by atoms with E-state index in [-0.39, 0.29) is 0 Å². The molecule has 1 atom stereocenters. The van der Waals surface area contributed by atoms with Crippen LogP contribution in [-0.4, -0.2) is 6.54 Å². The van der Waals surface area contributed by atoms with Crippen molar-refractivity contribution in [1.82, 2.24) is 5.32 Å². The number of nitrogens with one attached hydrogen (secondary N) is 1. The molecule has 88 valence electrons. The monoisotopic (exact) mass is 281 g/mol. The maximum Gasteiger partial charge on any atom is 0.0205 e. The molecule has 0 aliphatic rings. The Morgan fingerprint density at radius 2 is 2.31 bits per heavy atom. The molecule has 0 fully saturated rings. The highest BCUT2D eigenvalue weighted by molar-refractivity contribution is 9.10. The molecule has 1 aromatic rings. The molecule has 2 heteroatoms.